The van der Waals surface area contributed by atoms with E-state index in [9.17, 15) is 9.50 Å². The summed E-state index contributed by atoms with van der Waals surface area (Å²) in [5, 5.41) is 17.2. The van der Waals surface area contributed by atoms with Gasteiger partial charge >= 0.3 is 0 Å². The summed E-state index contributed by atoms with van der Waals surface area (Å²) >= 11 is 1.30. The molecule has 2 N–H and O–H groups in total. The lowest BCUT2D eigenvalue weighted by molar-refractivity contribution is 0.0243. The van der Waals surface area contributed by atoms with E-state index in [0.29, 0.717) is 29.4 Å². The maximum atomic E-state index is 13.5. The van der Waals surface area contributed by atoms with Gasteiger partial charge in [-0.25, -0.2) is 4.39 Å². The highest BCUT2D eigenvalue weighted by molar-refractivity contribution is 7.98. The van der Waals surface area contributed by atoms with E-state index in [1.807, 2.05) is 0 Å². The van der Waals surface area contributed by atoms with E-state index in [2.05, 4.69) is 15.5 Å². The summed E-state index contributed by atoms with van der Waals surface area (Å²) in [4.78, 5) is 4.74. The normalized spacial score (nSPS) is 22.3. The van der Waals surface area contributed by atoms with Crippen LogP contribution in [0.3, 0.4) is 0 Å². The highest BCUT2D eigenvalue weighted by Crippen LogP contribution is 2.28. The van der Waals surface area contributed by atoms with Crippen molar-refractivity contribution in [1.82, 2.24) is 15.5 Å². The number of nitrogens with zero attached hydrogens (tertiary/aromatic N) is 2. The summed E-state index contributed by atoms with van der Waals surface area (Å²) in [5.41, 5.74) is -1.08. The van der Waals surface area contributed by atoms with Crippen LogP contribution >= 0.6 is 11.8 Å². The molecule has 20 heavy (non-hydrogen) atoms. The Bertz CT molecular complexity index is 599. The van der Waals surface area contributed by atoms with Crippen LogP contribution in [-0.2, 0) is 11.4 Å². The molecule has 0 amide bonds. The van der Waals surface area contributed by atoms with Crippen molar-refractivity contribution < 1.29 is 14.0 Å². The second kappa shape index (κ2) is 5.51. The lowest BCUT2D eigenvalue weighted by Crippen LogP contribution is -2.28. The van der Waals surface area contributed by atoms with Gasteiger partial charge in [0.05, 0.1) is 5.75 Å². The molecule has 7 heteroatoms. The van der Waals surface area contributed by atoms with Gasteiger partial charge < -0.3 is 14.9 Å². The van der Waals surface area contributed by atoms with Crippen molar-refractivity contribution in [3.8, 4) is 0 Å². The number of hydrogen-bond donors (Lipinski definition) is 2. The van der Waals surface area contributed by atoms with Crippen molar-refractivity contribution in [2.24, 2.45) is 0 Å². The third-order valence-electron chi connectivity index (χ3n) is 3.19. The molecule has 3 rings (SSSR count). The van der Waals surface area contributed by atoms with Crippen molar-refractivity contribution in [1.29, 1.82) is 0 Å². The molecule has 1 saturated heterocycles. The molecular formula is C13H14FN3O2S. The molecule has 1 fully saturated rings. The van der Waals surface area contributed by atoms with Crippen LogP contribution in [0, 0.1) is 5.82 Å². The van der Waals surface area contributed by atoms with Gasteiger partial charge in [-0.3, -0.25) is 0 Å². The Morgan fingerprint density at radius 1 is 1.45 bits per heavy atom. The number of thioether (sulfide) groups is 1. The Hall–Kier alpha value is -1.44. The van der Waals surface area contributed by atoms with Crippen LogP contribution in [0.2, 0.25) is 0 Å². The number of aliphatic hydroxyl groups is 1. The molecule has 0 saturated carbocycles. The van der Waals surface area contributed by atoms with Crippen LogP contribution in [-0.4, -0.2) is 28.3 Å². The Morgan fingerprint density at radius 3 is 3.05 bits per heavy atom. The maximum absolute atomic E-state index is 13.5. The molecule has 1 atom stereocenters. The number of nitrogens with one attached hydrogen (secondary N) is 1. The summed E-state index contributed by atoms with van der Waals surface area (Å²) in [5.74, 6) is 0.813. The molecule has 0 aliphatic carbocycles. The first-order valence-corrected chi connectivity index (χ1v) is 7.29. The second-order valence-corrected chi connectivity index (χ2v) is 5.71. The van der Waals surface area contributed by atoms with E-state index >= 15 is 0 Å². The average Bonchev–Trinajstić information content (AvgIpc) is 3.08. The Kier molecular flexibility index (Phi) is 3.73. The largest absolute Gasteiger partial charge is 0.379 e. The molecule has 0 radical (unpaired) electrons. The SMILES string of the molecule is OC1(c2nc(CSc3ccccc3F)no2)CCNC1. The fourth-order valence-corrected chi connectivity index (χ4v) is 2.85. The second-order valence-electron chi connectivity index (χ2n) is 4.69. The first-order chi connectivity index (χ1) is 9.67. The smallest absolute Gasteiger partial charge is 0.260 e. The minimum Gasteiger partial charge on any atom is -0.379 e. The third-order valence-corrected chi connectivity index (χ3v) is 4.24. The van der Waals surface area contributed by atoms with Crippen LogP contribution < -0.4 is 5.32 Å². The average molecular weight is 295 g/mol. The highest BCUT2D eigenvalue weighted by atomic mass is 32.2. The zero-order valence-corrected chi connectivity index (χ0v) is 11.5. The molecule has 0 bridgehead atoms. The standard InChI is InChI=1S/C13H14FN3O2S/c14-9-3-1-2-4-10(9)20-7-11-16-12(19-17-11)13(18)5-6-15-8-13/h1-4,15,18H,5-8H2. The molecule has 1 aliphatic rings. The first-order valence-electron chi connectivity index (χ1n) is 6.31. The zero-order chi connectivity index (χ0) is 14.0. The monoisotopic (exact) mass is 295 g/mol. The van der Waals surface area contributed by atoms with Gasteiger partial charge in [0, 0.05) is 11.4 Å². The predicted octanol–water partition coefficient (Wildman–Crippen LogP) is 1.68. The van der Waals surface area contributed by atoms with Gasteiger partial charge in [-0.05, 0) is 25.1 Å². The molecule has 1 aliphatic heterocycles. The first kappa shape index (κ1) is 13.5. The van der Waals surface area contributed by atoms with Crippen molar-refractivity contribution >= 4 is 11.8 Å². The number of hydrogen-bond acceptors (Lipinski definition) is 6. The van der Waals surface area contributed by atoms with Crippen molar-refractivity contribution in [2.75, 3.05) is 13.1 Å². The molecule has 1 aromatic carbocycles. The molecule has 1 aromatic heterocycles. The number of aromatic nitrogens is 2. The van der Waals surface area contributed by atoms with Gasteiger partial charge in [-0.15, -0.1) is 11.8 Å². The van der Waals surface area contributed by atoms with Gasteiger partial charge in [-0.2, -0.15) is 4.98 Å². The van der Waals surface area contributed by atoms with Crippen molar-refractivity contribution in [2.45, 2.75) is 22.7 Å². The molecule has 0 spiro atoms. The summed E-state index contributed by atoms with van der Waals surface area (Å²) in [6, 6.07) is 6.54. The van der Waals surface area contributed by atoms with Gasteiger partial charge in [0.1, 0.15) is 5.82 Å². The van der Waals surface area contributed by atoms with E-state index in [1.54, 1.807) is 18.2 Å². The van der Waals surface area contributed by atoms with Crippen LogP contribution in [0.5, 0.6) is 0 Å². The highest BCUT2D eigenvalue weighted by Gasteiger charge is 2.38. The minimum absolute atomic E-state index is 0.228. The maximum Gasteiger partial charge on any atom is 0.260 e. The number of benzene rings is 1. The number of β-amino-alcohol motifs (C(OH)–C–C–N with tert-alkyl or cyclic N) is 1. The quantitative estimate of drug-likeness (QED) is 0.836. The Labute approximate surface area is 119 Å². The van der Waals surface area contributed by atoms with Gasteiger partial charge in [0.2, 0.25) is 0 Å². The predicted molar refractivity (Wildman–Crippen MR) is 71.6 cm³/mol. The molecule has 2 heterocycles. The summed E-state index contributed by atoms with van der Waals surface area (Å²) in [6.07, 6.45) is 0.551. The van der Waals surface area contributed by atoms with Crippen molar-refractivity contribution in [3.05, 3.63) is 41.8 Å². The summed E-state index contributed by atoms with van der Waals surface area (Å²) in [6.45, 7) is 1.13. The fraction of sp³-hybridized carbons (Fsp3) is 0.385. The minimum atomic E-state index is -1.08. The van der Waals surface area contributed by atoms with Crippen molar-refractivity contribution in [3.63, 3.8) is 0 Å². The lowest BCUT2D eigenvalue weighted by Gasteiger charge is -2.14. The lowest BCUT2D eigenvalue weighted by atomic mass is 10.0. The van der Waals surface area contributed by atoms with Gasteiger partial charge in [0.25, 0.3) is 5.89 Å². The molecule has 1 unspecified atom stereocenters. The molecular weight excluding hydrogens is 281 g/mol. The Morgan fingerprint density at radius 2 is 2.30 bits per heavy atom. The molecule has 2 aromatic rings. The van der Waals surface area contributed by atoms with E-state index < -0.39 is 5.60 Å². The summed E-state index contributed by atoms with van der Waals surface area (Å²) < 4.78 is 18.6. The van der Waals surface area contributed by atoms with Crippen LogP contribution in [0.1, 0.15) is 18.1 Å². The zero-order valence-electron chi connectivity index (χ0n) is 10.7. The third kappa shape index (κ3) is 2.70. The molecule has 106 valence electrons. The van der Waals surface area contributed by atoms with E-state index in [4.69, 9.17) is 4.52 Å². The van der Waals surface area contributed by atoms with Gasteiger partial charge in [-0.1, -0.05) is 17.3 Å². The van der Waals surface area contributed by atoms with E-state index in [1.165, 1.54) is 17.8 Å². The topological polar surface area (TPSA) is 71.2 Å². The van der Waals surface area contributed by atoms with E-state index in [-0.39, 0.29) is 11.7 Å². The number of rotatable bonds is 4. The Balaban J connectivity index is 1.67. The van der Waals surface area contributed by atoms with E-state index in [0.717, 1.165) is 6.54 Å². The molecule has 5 nitrogen and oxygen atoms in total. The van der Waals surface area contributed by atoms with Gasteiger partial charge in [0.15, 0.2) is 11.4 Å². The number of halogens is 1. The van der Waals surface area contributed by atoms with Crippen LogP contribution in [0.15, 0.2) is 33.7 Å². The van der Waals surface area contributed by atoms with Crippen LogP contribution in [0.4, 0.5) is 4.39 Å². The fourth-order valence-electron chi connectivity index (χ4n) is 2.07. The van der Waals surface area contributed by atoms with Crippen LogP contribution in [0.25, 0.3) is 0 Å². The summed E-state index contributed by atoms with van der Waals surface area (Å²) in [7, 11) is 0.